The number of nitrogens with zero attached hydrogens (tertiary/aromatic N) is 1. The first kappa shape index (κ1) is 15.0. The molecule has 0 bridgehead atoms. The Morgan fingerprint density at radius 3 is 2.26 bits per heavy atom. The molecular formula is C12H12F3NO3. The molecular weight excluding hydrogens is 263 g/mol. The molecule has 1 aromatic rings. The molecule has 1 rings (SSSR count). The second kappa shape index (κ2) is 5.29. The van der Waals surface area contributed by atoms with Crippen molar-refractivity contribution in [1.82, 2.24) is 4.90 Å². The van der Waals surface area contributed by atoms with E-state index in [0.717, 1.165) is 24.1 Å². The average Bonchev–Trinajstić information content (AvgIpc) is 2.35. The SMILES string of the molecule is CC(C(=O)O)N(C)C(=O)c1ccccc1C(F)(F)F. The molecule has 1 aromatic carbocycles. The molecule has 1 unspecified atom stereocenters. The smallest absolute Gasteiger partial charge is 0.417 e. The van der Waals surface area contributed by atoms with E-state index in [1.54, 1.807) is 0 Å². The summed E-state index contributed by atoms with van der Waals surface area (Å²) in [7, 11) is 1.15. The van der Waals surface area contributed by atoms with E-state index in [0.29, 0.717) is 0 Å². The van der Waals surface area contributed by atoms with E-state index in [1.165, 1.54) is 19.1 Å². The summed E-state index contributed by atoms with van der Waals surface area (Å²) < 4.78 is 38.2. The average molecular weight is 275 g/mol. The van der Waals surface area contributed by atoms with Crippen molar-refractivity contribution in [1.29, 1.82) is 0 Å². The number of amides is 1. The number of rotatable bonds is 3. The lowest BCUT2D eigenvalue weighted by Crippen LogP contribution is -2.40. The van der Waals surface area contributed by atoms with Gasteiger partial charge in [-0.25, -0.2) is 4.79 Å². The fourth-order valence-corrected chi connectivity index (χ4v) is 1.45. The van der Waals surface area contributed by atoms with Gasteiger partial charge in [0.15, 0.2) is 0 Å². The summed E-state index contributed by atoms with van der Waals surface area (Å²) >= 11 is 0. The first-order valence-corrected chi connectivity index (χ1v) is 5.32. The number of benzene rings is 1. The Morgan fingerprint density at radius 1 is 1.26 bits per heavy atom. The number of hydrogen-bond donors (Lipinski definition) is 1. The number of aliphatic carboxylic acids is 1. The van der Waals surface area contributed by atoms with Gasteiger partial charge >= 0.3 is 12.1 Å². The first-order valence-electron chi connectivity index (χ1n) is 5.32. The van der Waals surface area contributed by atoms with Crippen molar-refractivity contribution in [2.75, 3.05) is 7.05 Å². The van der Waals surface area contributed by atoms with Gasteiger partial charge in [-0.2, -0.15) is 13.2 Å². The minimum Gasteiger partial charge on any atom is -0.480 e. The number of carboxylic acid groups (broad SMARTS) is 1. The predicted molar refractivity (Wildman–Crippen MR) is 60.6 cm³/mol. The van der Waals surface area contributed by atoms with E-state index < -0.39 is 35.2 Å². The third kappa shape index (κ3) is 3.24. The van der Waals surface area contributed by atoms with Gasteiger partial charge in [0, 0.05) is 7.05 Å². The summed E-state index contributed by atoms with van der Waals surface area (Å²) in [5, 5.41) is 8.76. The Kier molecular flexibility index (Phi) is 4.18. The molecule has 0 aliphatic heterocycles. The van der Waals surface area contributed by atoms with E-state index in [1.807, 2.05) is 0 Å². The Hall–Kier alpha value is -2.05. The second-order valence-electron chi connectivity index (χ2n) is 3.97. The van der Waals surface area contributed by atoms with Crippen LogP contribution in [-0.4, -0.2) is 35.0 Å². The van der Waals surface area contributed by atoms with Gasteiger partial charge in [0.2, 0.25) is 0 Å². The number of hydrogen-bond acceptors (Lipinski definition) is 2. The fourth-order valence-electron chi connectivity index (χ4n) is 1.45. The van der Waals surface area contributed by atoms with Crippen LogP contribution in [0.2, 0.25) is 0 Å². The highest BCUT2D eigenvalue weighted by molar-refractivity contribution is 5.97. The molecule has 0 aromatic heterocycles. The lowest BCUT2D eigenvalue weighted by Gasteiger charge is -2.23. The van der Waals surface area contributed by atoms with Crippen LogP contribution in [0.5, 0.6) is 0 Å². The van der Waals surface area contributed by atoms with Gasteiger partial charge in [0.1, 0.15) is 6.04 Å². The van der Waals surface area contributed by atoms with Crippen LogP contribution < -0.4 is 0 Å². The molecule has 1 amide bonds. The molecule has 0 saturated carbocycles. The van der Waals surface area contributed by atoms with Gasteiger partial charge in [0.25, 0.3) is 5.91 Å². The molecule has 0 spiro atoms. The van der Waals surface area contributed by atoms with Crippen molar-refractivity contribution in [3.05, 3.63) is 35.4 Å². The van der Waals surface area contributed by atoms with Gasteiger partial charge in [-0.15, -0.1) is 0 Å². The van der Waals surface area contributed by atoms with Crippen LogP contribution in [0.25, 0.3) is 0 Å². The lowest BCUT2D eigenvalue weighted by atomic mass is 10.1. The van der Waals surface area contributed by atoms with E-state index in [-0.39, 0.29) is 0 Å². The quantitative estimate of drug-likeness (QED) is 0.920. The lowest BCUT2D eigenvalue weighted by molar-refractivity contribution is -0.141. The van der Waals surface area contributed by atoms with Crippen molar-refractivity contribution in [2.24, 2.45) is 0 Å². The number of carbonyl (C=O) groups excluding carboxylic acids is 1. The van der Waals surface area contributed by atoms with E-state index >= 15 is 0 Å². The summed E-state index contributed by atoms with van der Waals surface area (Å²) in [4.78, 5) is 23.4. The van der Waals surface area contributed by atoms with E-state index in [2.05, 4.69) is 0 Å². The number of likely N-dealkylation sites (N-methyl/N-ethyl adjacent to an activating group) is 1. The third-order valence-corrected chi connectivity index (χ3v) is 2.72. The number of halogens is 3. The third-order valence-electron chi connectivity index (χ3n) is 2.72. The molecule has 1 atom stereocenters. The monoisotopic (exact) mass is 275 g/mol. The zero-order chi connectivity index (χ0) is 14.8. The Morgan fingerprint density at radius 2 is 1.79 bits per heavy atom. The maximum atomic E-state index is 12.7. The van der Waals surface area contributed by atoms with Crippen LogP contribution in [0.15, 0.2) is 24.3 Å². The summed E-state index contributed by atoms with van der Waals surface area (Å²) in [5.74, 6) is -2.27. The van der Waals surface area contributed by atoms with Crippen LogP contribution in [0.3, 0.4) is 0 Å². The molecule has 19 heavy (non-hydrogen) atoms. The Bertz CT molecular complexity index is 499. The normalized spacial score (nSPS) is 12.9. The van der Waals surface area contributed by atoms with Gasteiger partial charge in [-0.3, -0.25) is 4.79 Å². The number of carboxylic acids is 1. The minimum absolute atomic E-state index is 0.564. The summed E-state index contributed by atoms with van der Waals surface area (Å²) in [6.07, 6.45) is -4.67. The van der Waals surface area contributed by atoms with Crippen LogP contribution >= 0.6 is 0 Å². The minimum atomic E-state index is -4.67. The Labute approximate surface area is 107 Å². The van der Waals surface area contributed by atoms with Crippen molar-refractivity contribution in [3.8, 4) is 0 Å². The molecule has 0 heterocycles. The number of alkyl halides is 3. The van der Waals surface area contributed by atoms with Gasteiger partial charge in [-0.05, 0) is 19.1 Å². The van der Waals surface area contributed by atoms with Crippen LogP contribution in [0.4, 0.5) is 13.2 Å². The van der Waals surface area contributed by atoms with Crippen LogP contribution in [-0.2, 0) is 11.0 Å². The molecule has 0 radical (unpaired) electrons. The molecule has 0 aliphatic carbocycles. The van der Waals surface area contributed by atoms with Gasteiger partial charge in [-0.1, -0.05) is 12.1 Å². The van der Waals surface area contributed by atoms with Crippen LogP contribution in [0.1, 0.15) is 22.8 Å². The largest absolute Gasteiger partial charge is 0.480 e. The highest BCUT2D eigenvalue weighted by Crippen LogP contribution is 2.32. The predicted octanol–water partition coefficient (Wildman–Crippen LogP) is 2.25. The maximum absolute atomic E-state index is 12.7. The van der Waals surface area contributed by atoms with Gasteiger partial charge < -0.3 is 10.0 Å². The molecule has 7 heteroatoms. The Balaban J connectivity index is 3.17. The zero-order valence-electron chi connectivity index (χ0n) is 10.2. The van der Waals surface area contributed by atoms with Crippen molar-refractivity contribution >= 4 is 11.9 Å². The highest BCUT2D eigenvalue weighted by atomic mass is 19.4. The van der Waals surface area contributed by atoms with Crippen molar-refractivity contribution in [2.45, 2.75) is 19.1 Å². The van der Waals surface area contributed by atoms with E-state index in [4.69, 9.17) is 5.11 Å². The molecule has 0 saturated heterocycles. The molecule has 0 aliphatic rings. The zero-order valence-corrected chi connectivity index (χ0v) is 10.2. The summed E-state index contributed by atoms with van der Waals surface area (Å²) in [6, 6.07) is 3.05. The first-order chi connectivity index (χ1) is 8.66. The number of carbonyl (C=O) groups is 2. The molecule has 104 valence electrons. The second-order valence-corrected chi connectivity index (χ2v) is 3.97. The molecule has 1 N–H and O–H groups in total. The fraction of sp³-hybridized carbons (Fsp3) is 0.333. The summed E-state index contributed by atoms with van der Waals surface area (Å²) in [5.41, 5.74) is -1.64. The van der Waals surface area contributed by atoms with Crippen molar-refractivity contribution in [3.63, 3.8) is 0 Å². The molecule has 4 nitrogen and oxygen atoms in total. The molecule has 0 fully saturated rings. The van der Waals surface area contributed by atoms with Gasteiger partial charge in [0.05, 0.1) is 11.1 Å². The van der Waals surface area contributed by atoms with E-state index in [9.17, 15) is 22.8 Å². The highest BCUT2D eigenvalue weighted by Gasteiger charge is 2.36. The topological polar surface area (TPSA) is 57.6 Å². The van der Waals surface area contributed by atoms with Crippen LogP contribution in [0, 0.1) is 0 Å². The van der Waals surface area contributed by atoms with Crippen molar-refractivity contribution < 1.29 is 27.9 Å². The maximum Gasteiger partial charge on any atom is 0.417 e. The standard InChI is InChI=1S/C12H12F3NO3/c1-7(11(18)19)16(2)10(17)8-5-3-4-6-9(8)12(13,14)15/h3-7H,1-2H3,(H,18,19). The summed E-state index contributed by atoms with van der Waals surface area (Å²) in [6.45, 7) is 1.22.